The van der Waals surface area contributed by atoms with Crippen molar-refractivity contribution < 1.29 is 61.6 Å². The van der Waals surface area contributed by atoms with E-state index in [-0.39, 0.29) is 12.6 Å². The summed E-state index contributed by atoms with van der Waals surface area (Å²) in [5.74, 6) is -0.145. The number of esters is 1. The van der Waals surface area contributed by atoms with Crippen molar-refractivity contribution in [3.05, 3.63) is 0 Å². The molecule has 0 aliphatic carbocycles. The Kier molecular flexibility index (Phi) is 54.1. The molecule has 0 rings (SSSR count). The highest BCUT2D eigenvalue weighted by atomic mass is 16.6. The van der Waals surface area contributed by atoms with E-state index in [2.05, 4.69) is 13.8 Å². The van der Waals surface area contributed by atoms with Crippen molar-refractivity contribution in [1.82, 2.24) is 0 Å². The molecule has 0 aliphatic heterocycles. The van der Waals surface area contributed by atoms with Crippen LogP contribution in [0.25, 0.3) is 0 Å². The molecule has 59 heavy (non-hydrogen) atoms. The Labute approximate surface area is 361 Å². The molecule has 354 valence electrons. The first-order valence-corrected chi connectivity index (χ1v) is 23.8. The van der Waals surface area contributed by atoms with Gasteiger partial charge < -0.3 is 56.8 Å². The Morgan fingerprint density at radius 2 is 0.441 bits per heavy atom. The third-order valence-corrected chi connectivity index (χ3v) is 9.34. The summed E-state index contributed by atoms with van der Waals surface area (Å²) in [7, 11) is 0. The quantitative estimate of drug-likeness (QED) is 0.0429. The molecule has 0 fully saturated rings. The van der Waals surface area contributed by atoms with E-state index in [1.54, 1.807) is 0 Å². The average molecular weight is 853 g/mol. The van der Waals surface area contributed by atoms with Gasteiger partial charge >= 0.3 is 5.97 Å². The van der Waals surface area contributed by atoms with E-state index < -0.39 is 0 Å². The molecule has 0 atom stereocenters. The maximum atomic E-state index is 11.6. The molecule has 0 unspecified atom stereocenters. The van der Waals surface area contributed by atoms with Gasteiger partial charge in [0.15, 0.2) is 0 Å². The van der Waals surface area contributed by atoms with E-state index >= 15 is 0 Å². The van der Waals surface area contributed by atoms with Crippen molar-refractivity contribution in [3.8, 4) is 0 Å². The van der Waals surface area contributed by atoms with Crippen LogP contribution in [0.15, 0.2) is 0 Å². The summed E-state index contributed by atoms with van der Waals surface area (Å²) in [5.41, 5.74) is 0. The zero-order valence-electron chi connectivity index (χ0n) is 38.2. The largest absolute Gasteiger partial charge is 0.463 e. The van der Waals surface area contributed by atoms with Crippen molar-refractivity contribution in [2.45, 2.75) is 142 Å². The highest BCUT2D eigenvalue weighted by Gasteiger charge is 2.03. The molecular formula is C46H92O13. The van der Waals surface area contributed by atoms with E-state index in [4.69, 9.17) is 56.8 Å². The van der Waals surface area contributed by atoms with Gasteiger partial charge in [0, 0.05) is 13.0 Å². The number of rotatable bonds is 54. The second kappa shape index (κ2) is 55.0. The predicted octanol–water partition coefficient (Wildman–Crippen LogP) is 8.55. The van der Waals surface area contributed by atoms with Crippen molar-refractivity contribution in [3.63, 3.8) is 0 Å². The molecule has 0 aromatic carbocycles. The first-order valence-electron chi connectivity index (χ1n) is 23.8. The van der Waals surface area contributed by atoms with Gasteiger partial charge in [-0.2, -0.15) is 0 Å². The molecule has 0 heterocycles. The van der Waals surface area contributed by atoms with Crippen LogP contribution in [0.5, 0.6) is 0 Å². The zero-order chi connectivity index (χ0) is 42.5. The minimum absolute atomic E-state index is 0.145. The third-order valence-electron chi connectivity index (χ3n) is 9.34. The monoisotopic (exact) mass is 853 g/mol. The van der Waals surface area contributed by atoms with Gasteiger partial charge in [0.25, 0.3) is 0 Å². The van der Waals surface area contributed by atoms with Crippen molar-refractivity contribution in [2.75, 3.05) is 152 Å². The second-order valence-electron chi connectivity index (χ2n) is 14.7. The standard InChI is InChI=1S/C46H92O13/c1-3-5-7-9-10-11-12-13-14-15-16-17-19-21-23-48-24-25-49-26-27-50-28-29-51-30-31-52-32-33-53-34-35-54-36-37-55-38-39-56-40-41-57-42-43-58-44-45-59-46(47)22-20-18-8-6-4-2/h3-45H2,1-2H3. The Hall–Kier alpha value is -0.970. The molecule has 13 heteroatoms. The minimum Gasteiger partial charge on any atom is -0.463 e. The van der Waals surface area contributed by atoms with Crippen LogP contribution >= 0.6 is 0 Å². The lowest BCUT2D eigenvalue weighted by atomic mass is 10.0. The second-order valence-corrected chi connectivity index (χ2v) is 14.7. The highest BCUT2D eigenvalue weighted by molar-refractivity contribution is 5.69. The van der Waals surface area contributed by atoms with Gasteiger partial charge in [-0.25, -0.2) is 0 Å². The van der Waals surface area contributed by atoms with Crippen LogP contribution in [0.1, 0.15) is 142 Å². The number of carbonyl (C=O) groups excluding carboxylic acids is 1. The summed E-state index contributed by atoms with van der Waals surface area (Å²) in [6.07, 6.45) is 25.3. The molecule has 13 nitrogen and oxygen atoms in total. The van der Waals surface area contributed by atoms with Crippen LogP contribution in [-0.2, 0) is 61.6 Å². The van der Waals surface area contributed by atoms with E-state index in [0.717, 1.165) is 25.9 Å². The minimum atomic E-state index is -0.145. The Morgan fingerprint density at radius 3 is 0.712 bits per heavy atom. The molecule has 0 aromatic rings. The fourth-order valence-electron chi connectivity index (χ4n) is 5.86. The predicted molar refractivity (Wildman–Crippen MR) is 234 cm³/mol. The van der Waals surface area contributed by atoms with Crippen LogP contribution in [0.4, 0.5) is 0 Å². The van der Waals surface area contributed by atoms with Gasteiger partial charge in [-0.15, -0.1) is 0 Å². The van der Waals surface area contributed by atoms with Crippen LogP contribution in [-0.4, -0.2) is 158 Å². The van der Waals surface area contributed by atoms with Crippen LogP contribution in [0.2, 0.25) is 0 Å². The normalized spacial score (nSPS) is 11.6. The summed E-state index contributed by atoms with van der Waals surface area (Å²) < 4.78 is 66.0. The van der Waals surface area contributed by atoms with E-state index in [9.17, 15) is 4.79 Å². The Balaban J connectivity index is 3.09. The molecule has 0 spiro atoms. The summed E-state index contributed by atoms with van der Waals surface area (Å²) in [4.78, 5) is 11.6. The van der Waals surface area contributed by atoms with Crippen LogP contribution in [0.3, 0.4) is 0 Å². The molecule has 0 bridgehead atoms. The van der Waals surface area contributed by atoms with Crippen molar-refractivity contribution in [1.29, 1.82) is 0 Å². The molecule has 0 saturated heterocycles. The molecule has 0 saturated carbocycles. The van der Waals surface area contributed by atoms with Crippen LogP contribution in [0, 0.1) is 0 Å². The van der Waals surface area contributed by atoms with Gasteiger partial charge in [0.05, 0.1) is 139 Å². The van der Waals surface area contributed by atoms with Gasteiger partial charge in [-0.1, -0.05) is 123 Å². The van der Waals surface area contributed by atoms with E-state index in [1.807, 2.05) is 0 Å². The molecule has 0 radical (unpaired) electrons. The SMILES string of the molecule is CCCCCCCCCCCCCCCCOCCOCCOCCOCCOCCOCCOCCOCCOCCOCCOCCOC(=O)CCCCCCC. The van der Waals surface area contributed by atoms with Crippen LogP contribution < -0.4 is 0 Å². The number of unbranched alkanes of at least 4 members (excludes halogenated alkanes) is 17. The Bertz CT molecular complexity index is 764. The molecule has 0 amide bonds. The number of ether oxygens (including phenoxy) is 12. The number of carbonyl (C=O) groups is 1. The highest BCUT2D eigenvalue weighted by Crippen LogP contribution is 2.13. The summed E-state index contributed by atoms with van der Waals surface area (Å²) in [5, 5.41) is 0. The summed E-state index contributed by atoms with van der Waals surface area (Å²) >= 11 is 0. The molecule has 0 aliphatic rings. The van der Waals surface area contributed by atoms with Gasteiger partial charge in [-0.05, 0) is 12.8 Å². The molecular weight excluding hydrogens is 760 g/mol. The fraction of sp³-hybridized carbons (Fsp3) is 0.978. The third kappa shape index (κ3) is 55.0. The summed E-state index contributed by atoms with van der Waals surface area (Å²) in [6.45, 7) is 16.4. The maximum absolute atomic E-state index is 11.6. The summed E-state index contributed by atoms with van der Waals surface area (Å²) in [6, 6.07) is 0. The lowest BCUT2D eigenvalue weighted by Gasteiger charge is -2.09. The lowest BCUT2D eigenvalue weighted by molar-refractivity contribution is -0.145. The van der Waals surface area contributed by atoms with E-state index in [0.29, 0.717) is 145 Å². The molecule has 0 N–H and O–H groups in total. The van der Waals surface area contributed by atoms with Crippen molar-refractivity contribution >= 4 is 5.97 Å². The first-order chi connectivity index (χ1) is 29.3. The average Bonchev–Trinajstić information content (AvgIpc) is 3.24. The maximum Gasteiger partial charge on any atom is 0.305 e. The fourth-order valence-corrected chi connectivity index (χ4v) is 5.86. The number of hydrogen-bond acceptors (Lipinski definition) is 13. The smallest absolute Gasteiger partial charge is 0.305 e. The topological polar surface area (TPSA) is 128 Å². The Morgan fingerprint density at radius 1 is 0.237 bits per heavy atom. The van der Waals surface area contributed by atoms with E-state index in [1.165, 1.54) is 103 Å². The first kappa shape index (κ1) is 58.0. The zero-order valence-corrected chi connectivity index (χ0v) is 38.2. The molecule has 0 aromatic heterocycles. The van der Waals surface area contributed by atoms with Crippen molar-refractivity contribution in [2.24, 2.45) is 0 Å². The van der Waals surface area contributed by atoms with Gasteiger partial charge in [0.2, 0.25) is 0 Å². The van der Waals surface area contributed by atoms with Gasteiger partial charge in [-0.3, -0.25) is 4.79 Å². The van der Waals surface area contributed by atoms with Gasteiger partial charge in [0.1, 0.15) is 6.61 Å². The lowest BCUT2D eigenvalue weighted by Crippen LogP contribution is -2.15. The number of hydrogen-bond donors (Lipinski definition) is 0.